The second-order valence-electron chi connectivity index (χ2n) is 3.28. The van der Waals surface area contributed by atoms with E-state index in [2.05, 4.69) is 26.2 Å². The molecule has 0 saturated carbocycles. The lowest BCUT2D eigenvalue weighted by atomic mass is 10.2. The van der Waals surface area contributed by atoms with E-state index >= 15 is 0 Å². The van der Waals surface area contributed by atoms with E-state index in [1.165, 1.54) is 12.1 Å². The van der Waals surface area contributed by atoms with Gasteiger partial charge in [0.05, 0.1) is 5.56 Å². The normalized spacial score (nSPS) is 9.71. The summed E-state index contributed by atoms with van der Waals surface area (Å²) in [5.74, 6) is 0.0927. The molecular weight excluding hydrogens is 285 g/mol. The van der Waals surface area contributed by atoms with E-state index in [4.69, 9.17) is 5.26 Å². The lowest BCUT2D eigenvalue weighted by molar-refractivity contribution is 0.624. The van der Waals surface area contributed by atoms with Crippen molar-refractivity contribution in [2.45, 2.75) is 0 Å². The maximum atomic E-state index is 13.1. The van der Waals surface area contributed by atoms with Crippen LogP contribution in [0.2, 0.25) is 0 Å². The molecule has 0 spiro atoms. The SMILES string of the molecule is N#Cc1cc(Nc2cccc(Br)n2)ccc1F. The fourth-order valence-corrected chi connectivity index (χ4v) is 1.66. The zero-order valence-electron chi connectivity index (χ0n) is 8.61. The van der Waals surface area contributed by atoms with Crippen molar-refractivity contribution in [3.05, 3.63) is 52.4 Å². The maximum Gasteiger partial charge on any atom is 0.141 e. The Morgan fingerprint density at radius 2 is 2.12 bits per heavy atom. The van der Waals surface area contributed by atoms with Crippen molar-refractivity contribution in [2.75, 3.05) is 5.32 Å². The molecule has 0 saturated heterocycles. The van der Waals surface area contributed by atoms with Crippen LogP contribution in [0.5, 0.6) is 0 Å². The molecule has 0 unspecified atom stereocenters. The Morgan fingerprint density at radius 1 is 1.29 bits per heavy atom. The minimum absolute atomic E-state index is 0.00463. The van der Waals surface area contributed by atoms with Gasteiger partial charge in [-0.05, 0) is 46.3 Å². The minimum atomic E-state index is -0.528. The molecule has 0 aliphatic rings. The maximum absolute atomic E-state index is 13.1. The zero-order valence-corrected chi connectivity index (χ0v) is 10.2. The van der Waals surface area contributed by atoms with Crippen molar-refractivity contribution in [1.82, 2.24) is 4.98 Å². The minimum Gasteiger partial charge on any atom is -0.340 e. The highest BCUT2D eigenvalue weighted by atomic mass is 79.9. The summed E-state index contributed by atoms with van der Waals surface area (Å²) in [5, 5.41) is 11.7. The van der Waals surface area contributed by atoms with Gasteiger partial charge >= 0.3 is 0 Å². The molecule has 2 aromatic rings. The molecule has 84 valence electrons. The number of halogens is 2. The van der Waals surface area contributed by atoms with Crippen LogP contribution in [-0.4, -0.2) is 4.98 Å². The Balaban J connectivity index is 2.28. The number of rotatable bonds is 2. The van der Waals surface area contributed by atoms with Gasteiger partial charge in [0, 0.05) is 5.69 Å². The van der Waals surface area contributed by atoms with Gasteiger partial charge < -0.3 is 5.32 Å². The molecule has 5 heteroatoms. The molecule has 0 amide bonds. The van der Waals surface area contributed by atoms with Gasteiger partial charge in [0.2, 0.25) is 0 Å². The third-order valence-electron chi connectivity index (χ3n) is 2.07. The third-order valence-corrected chi connectivity index (χ3v) is 2.52. The van der Waals surface area contributed by atoms with Crippen LogP contribution in [0, 0.1) is 17.1 Å². The van der Waals surface area contributed by atoms with Crippen LogP contribution in [0.15, 0.2) is 41.0 Å². The second kappa shape index (κ2) is 4.93. The summed E-state index contributed by atoms with van der Waals surface area (Å²) in [4.78, 5) is 4.18. The molecule has 2 rings (SSSR count). The van der Waals surface area contributed by atoms with Crippen LogP contribution in [0.4, 0.5) is 15.9 Å². The Labute approximate surface area is 106 Å². The first kappa shape index (κ1) is 11.6. The molecular formula is C12H7BrFN3. The first-order valence-corrected chi connectivity index (χ1v) is 5.57. The van der Waals surface area contributed by atoms with E-state index in [0.717, 1.165) is 0 Å². The average Bonchev–Trinajstić information content (AvgIpc) is 2.32. The van der Waals surface area contributed by atoms with Gasteiger partial charge in [0.25, 0.3) is 0 Å². The first-order valence-electron chi connectivity index (χ1n) is 4.78. The van der Waals surface area contributed by atoms with Crippen molar-refractivity contribution in [3.63, 3.8) is 0 Å². The molecule has 17 heavy (non-hydrogen) atoms. The number of hydrogen-bond donors (Lipinski definition) is 1. The monoisotopic (exact) mass is 291 g/mol. The number of aromatic nitrogens is 1. The van der Waals surface area contributed by atoms with Crippen LogP contribution < -0.4 is 5.32 Å². The van der Waals surface area contributed by atoms with Crippen molar-refractivity contribution in [1.29, 1.82) is 5.26 Å². The van der Waals surface area contributed by atoms with E-state index in [9.17, 15) is 4.39 Å². The van der Waals surface area contributed by atoms with Crippen LogP contribution >= 0.6 is 15.9 Å². The Morgan fingerprint density at radius 3 is 2.82 bits per heavy atom. The zero-order chi connectivity index (χ0) is 12.3. The topological polar surface area (TPSA) is 48.7 Å². The molecule has 0 aliphatic carbocycles. The highest BCUT2D eigenvalue weighted by Gasteiger charge is 2.03. The number of benzene rings is 1. The molecule has 0 atom stereocenters. The summed E-state index contributed by atoms with van der Waals surface area (Å²) >= 11 is 3.25. The van der Waals surface area contributed by atoms with E-state index in [-0.39, 0.29) is 5.56 Å². The van der Waals surface area contributed by atoms with Crippen molar-refractivity contribution >= 4 is 27.4 Å². The lowest BCUT2D eigenvalue weighted by Gasteiger charge is -2.06. The summed E-state index contributed by atoms with van der Waals surface area (Å²) in [6.07, 6.45) is 0. The fraction of sp³-hybridized carbons (Fsp3) is 0. The summed E-state index contributed by atoms with van der Waals surface area (Å²) in [5.41, 5.74) is 0.624. The van der Waals surface area contributed by atoms with Gasteiger partial charge in [0.15, 0.2) is 0 Å². The van der Waals surface area contributed by atoms with Crippen molar-refractivity contribution in [2.24, 2.45) is 0 Å². The quantitative estimate of drug-likeness (QED) is 0.860. The van der Waals surface area contributed by atoms with Gasteiger partial charge in [-0.1, -0.05) is 6.07 Å². The van der Waals surface area contributed by atoms with Crippen LogP contribution in [-0.2, 0) is 0 Å². The van der Waals surface area contributed by atoms with Gasteiger partial charge in [-0.2, -0.15) is 5.26 Å². The van der Waals surface area contributed by atoms with E-state index in [1.807, 2.05) is 6.07 Å². The number of anilines is 2. The van der Waals surface area contributed by atoms with Gasteiger partial charge in [-0.15, -0.1) is 0 Å². The molecule has 1 aromatic heterocycles. The smallest absolute Gasteiger partial charge is 0.141 e. The molecule has 1 N–H and O–H groups in total. The van der Waals surface area contributed by atoms with E-state index in [0.29, 0.717) is 16.1 Å². The molecule has 3 nitrogen and oxygen atoms in total. The average molecular weight is 292 g/mol. The number of hydrogen-bond acceptors (Lipinski definition) is 3. The highest BCUT2D eigenvalue weighted by molar-refractivity contribution is 9.10. The van der Waals surface area contributed by atoms with Crippen LogP contribution in [0.25, 0.3) is 0 Å². The standard InChI is InChI=1S/C12H7BrFN3/c13-11-2-1-3-12(17-11)16-9-4-5-10(14)8(6-9)7-15/h1-6H,(H,16,17). The van der Waals surface area contributed by atoms with Crippen LogP contribution in [0.1, 0.15) is 5.56 Å². The largest absolute Gasteiger partial charge is 0.340 e. The lowest BCUT2D eigenvalue weighted by Crippen LogP contribution is -1.95. The molecule has 1 aromatic carbocycles. The number of pyridine rings is 1. The van der Waals surface area contributed by atoms with Gasteiger partial charge in [-0.25, -0.2) is 9.37 Å². The van der Waals surface area contributed by atoms with Gasteiger partial charge in [-0.3, -0.25) is 0 Å². The number of nitriles is 1. The fourth-order valence-electron chi connectivity index (χ4n) is 1.31. The Hall–Kier alpha value is -1.93. The van der Waals surface area contributed by atoms with Crippen molar-refractivity contribution < 1.29 is 4.39 Å². The summed E-state index contributed by atoms with van der Waals surface area (Å²) in [6, 6.07) is 11.4. The van der Waals surface area contributed by atoms with E-state index in [1.54, 1.807) is 24.3 Å². The molecule has 1 heterocycles. The third kappa shape index (κ3) is 2.80. The second-order valence-corrected chi connectivity index (χ2v) is 4.09. The Kier molecular flexibility index (Phi) is 3.35. The molecule has 0 bridgehead atoms. The highest BCUT2D eigenvalue weighted by Crippen LogP contribution is 2.19. The molecule has 0 radical (unpaired) electrons. The van der Waals surface area contributed by atoms with Gasteiger partial charge in [0.1, 0.15) is 22.3 Å². The van der Waals surface area contributed by atoms with Crippen molar-refractivity contribution in [3.8, 4) is 6.07 Å². The molecule has 0 aliphatic heterocycles. The summed E-state index contributed by atoms with van der Waals surface area (Å²) in [7, 11) is 0. The number of nitrogens with zero attached hydrogens (tertiary/aromatic N) is 2. The summed E-state index contributed by atoms with van der Waals surface area (Å²) < 4.78 is 13.8. The van der Waals surface area contributed by atoms with E-state index < -0.39 is 5.82 Å². The Bertz CT molecular complexity index is 593. The van der Waals surface area contributed by atoms with Crippen LogP contribution in [0.3, 0.4) is 0 Å². The predicted octanol–water partition coefficient (Wildman–Crippen LogP) is 3.60. The number of nitrogens with one attached hydrogen (secondary N) is 1. The molecule has 0 fully saturated rings. The first-order chi connectivity index (χ1) is 8.19. The summed E-state index contributed by atoms with van der Waals surface area (Å²) in [6.45, 7) is 0. The predicted molar refractivity (Wildman–Crippen MR) is 66.3 cm³/mol.